The van der Waals surface area contributed by atoms with Crippen molar-refractivity contribution in [3.63, 3.8) is 0 Å². The molecule has 1 aliphatic heterocycles. The Balaban J connectivity index is 0.00000450. The minimum absolute atomic E-state index is 0. The molecule has 1 aliphatic rings. The van der Waals surface area contributed by atoms with E-state index in [1.54, 1.807) is 7.11 Å². The number of nitrogens with zero attached hydrogens (tertiary/aromatic N) is 3. The van der Waals surface area contributed by atoms with Gasteiger partial charge in [0, 0.05) is 53.6 Å². The Labute approximate surface area is 199 Å². The van der Waals surface area contributed by atoms with Gasteiger partial charge < -0.3 is 29.3 Å². The second kappa shape index (κ2) is 15.7. The molecule has 0 aromatic heterocycles. The van der Waals surface area contributed by atoms with Crippen LogP contribution in [0, 0.1) is 0 Å². The van der Waals surface area contributed by atoms with Crippen LogP contribution in [0.15, 0.2) is 29.3 Å². The van der Waals surface area contributed by atoms with Crippen molar-refractivity contribution in [2.24, 2.45) is 4.99 Å². The normalized spacial score (nSPS) is 15.2. The molecule has 7 nitrogen and oxygen atoms in total. The van der Waals surface area contributed by atoms with Crippen molar-refractivity contribution in [1.29, 1.82) is 0 Å². The Hall–Kier alpha value is -1.10. The third kappa shape index (κ3) is 10.3. The fourth-order valence-electron chi connectivity index (χ4n) is 3.29. The molecule has 30 heavy (non-hydrogen) atoms. The van der Waals surface area contributed by atoms with E-state index in [-0.39, 0.29) is 24.0 Å². The average Bonchev–Trinajstić information content (AvgIpc) is 2.73. The second-order valence-corrected chi connectivity index (χ2v) is 7.60. The van der Waals surface area contributed by atoms with Crippen molar-refractivity contribution in [3.8, 4) is 5.75 Å². The molecule has 1 saturated heterocycles. The Morgan fingerprint density at radius 3 is 2.63 bits per heavy atom. The van der Waals surface area contributed by atoms with E-state index in [9.17, 15) is 0 Å². The number of piperidine rings is 1. The van der Waals surface area contributed by atoms with Crippen molar-refractivity contribution in [2.75, 3.05) is 67.7 Å². The minimum Gasteiger partial charge on any atom is -0.492 e. The summed E-state index contributed by atoms with van der Waals surface area (Å²) in [6.07, 6.45) is 3.36. The first kappa shape index (κ1) is 26.9. The van der Waals surface area contributed by atoms with Crippen LogP contribution in [-0.4, -0.2) is 89.6 Å². The van der Waals surface area contributed by atoms with Gasteiger partial charge in [0.1, 0.15) is 12.4 Å². The molecule has 0 aliphatic carbocycles. The molecule has 1 aromatic carbocycles. The zero-order valence-corrected chi connectivity index (χ0v) is 21.3. The van der Waals surface area contributed by atoms with Gasteiger partial charge in [0.05, 0.1) is 6.10 Å². The van der Waals surface area contributed by atoms with Crippen molar-refractivity contribution in [2.45, 2.75) is 31.9 Å². The summed E-state index contributed by atoms with van der Waals surface area (Å²) in [6, 6.07) is 8.25. The van der Waals surface area contributed by atoms with Gasteiger partial charge in [-0.15, -0.1) is 24.0 Å². The van der Waals surface area contributed by atoms with Gasteiger partial charge in [-0.25, -0.2) is 0 Å². The zero-order valence-electron chi connectivity index (χ0n) is 18.9. The number of guanidine groups is 1. The molecule has 0 unspecified atom stereocenters. The predicted molar refractivity (Wildman–Crippen MR) is 133 cm³/mol. The van der Waals surface area contributed by atoms with Gasteiger partial charge in [-0.05, 0) is 51.1 Å². The second-order valence-electron chi connectivity index (χ2n) is 7.60. The van der Waals surface area contributed by atoms with E-state index in [0.717, 1.165) is 70.4 Å². The Morgan fingerprint density at radius 1 is 1.20 bits per heavy atom. The van der Waals surface area contributed by atoms with Crippen LogP contribution >= 0.6 is 24.0 Å². The summed E-state index contributed by atoms with van der Waals surface area (Å²) in [7, 11) is 7.67. The molecule has 1 fully saturated rings. The molecule has 1 N–H and O–H groups in total. The molecule has 172 valence electrons. The summed E-state index contributed by atoms with van der Waals surface area (Å²) in [4.78, 5) is 8.89. The smallest absolute Gasteiger partial charge is 0.193 e. The van der Waals surface area contributed by atoms with E-state index >= 15 is 0 Å². The summed E-state index contributed by atoms with van der Waals surface area (Å²) >= 11 is 0. The first-order valence-corrected chi connectivity index (χ1v) is 10.5. The van der Waals surface area contributed by atoms with Gasteiger partial charge in [0.15, 0.2) is 5.96 Å². The molecule has 1 heterocycles. The third-order valence-corrected chi connectivity index (χ3v) is 4.96. The van der Waals surface area contributed by atoms with Crippen LogP contribution in [-0.2, 0) is 16.0 Å². The fraction of sp³-hybridized carbons (Fsp3) is 0.682. The Morgan fingerprint density at radius 2 is 1.97 bits per heavy atom. The van der Waals surface area contributed by atoms with E-state index in [0.29, 0.717) is 12.7 Å². The molecular formula is C22H39IN4O3. The van der Waals surface area contributed by atoms with Crippen LogP contribution in [0.4, 0.5) is 0 Å². The maximum atomic E-state index is 5.95. The lowest BCUT2D eigenvalue weighted by Gasteiger charge is -2.34. The van der Waals surface area contributed by atoms with Gasteiger partial charge in [-0.3, -0.25) is 4.99 Å². The summed E-state index contributed by atoms with van der Waals surface area (Å²) < 4.78 is 16.9. The number of rotatable bonds is 11. The third-order valence-electron chi connectivity index (χ3n) is 4.96. The standard InChI is InChI=1S/C22H38N4O3.HI/c1-23-22(26-11-9-20(10-12-26)28-15-6-14-27-4)24-18-19-7-5-8-21(17-19)29-16-13-25(2)3;/h5,7-8,17,20H,6,9-16,18H2,1-4H3,(H,23,24);1H. The highest BCUT2D eigenvalue weighted by Gasteiger charge is 2.21. The number of likely N-dealkylation sites (N-methyl/N-ethyl adjacent to an activating group) is 1. The molecule has 1 aromatic rings. The number of hydrogen-bond acceptors (Lipinski definition) is 5. The van der Waals surface area contributed by atoms with Crippen LogP contribution in [0.5, 0.6) is 5.75 Å². The summed E-state index contributed by atoms with van der Waals surface area (Å²) in [5.41, 5.74) is 1.19. The highest BCUT2D eigenvalue weighted by Crippen LogP contribution is 2.16. The van der Waals surface area contributed by atoms with Crippen molar-refractivity contribution in [3.05, 3.63) is 29.8 Å². The van der Waals surface area contributed by atoms with Crippen molar-refractivity contribution in [1.82, 2.24) is 15.1 Å². The van der Waals surface area contributed by atoms with Crippen LogP contribution in [0.25, 0.3) is 0 Å². The molecule has 0 saturated carbocycles. The number of aliphatic imine (C=N–C) groups is 1. The summed E-state index contributed by atoms with van der Waals surface area (Å²) in [6.45, 7) is 5.78. The lowest BCUT2D eigenvalue weighted by atomic mass is 10.1. The molecule has 0 atom stereocenters. The lowest BCUT2D eigenvalue weighted by Crippen LogP contribution is -2.46. The maximum Gasteiger partial charge on any atom is 0.193 e. The van der Waals surface area contributed by atoms with Crippen molar-refractivity contribution >= 4 is 29.9 Å². The van der Waals surface area contributed by atoms with Gasteiger partial charge in [-0.2, -0.15) is 0 Å². The minimum atomic E-state index is 0. The van der Waals surface area contributed by atoms with E-state index in [1.807, 2.05) is 33.3 Å². The summed E-state index contributed by atoms with van der Waals surface area (Å²) in [5, 5.41) is 3.49. The van der Waals surface area contributed by atoms with Gasteiger partial charge in [-0.1, -0.05) is 12.1 Å². The highest BCUT2D eigenvalue weighted by molar-refractivity contribution is 14.0. The van der Waals surface area contributed by atoms with E-state index in [2.05, 4.69) is 32.2 Å². The van der Waals surface area contributed by atoms with E-state index in [4.69, 9.17) is 14.2 Å². The number of halogens is 1. The van der Waals surface area contributed by atoms with Gasteiger partial charge >= 0.3 is 0 Å². The molecular weight excluding hydrogens is 495 g/mol. The lowest BCUT2D eigenvalue weighted by molar-refractivity contribution is 0.00989. The molecule has 0 spiro atoms. The van der Waals surface area contributed by atoms with Crippen LogP contribution in [0.3, 0.4) is 0 Å². The maximum absolute atomic E-state index is 5.95. The Bertz CT molecular complexity index is 608. The average molecular weight is 534 g/mol. The fourth-order valence-corrected chi connectivity index (χ4v) is 3.29. The quantitative estimate of drug-likeness (QED) is 0.204. The first-order valence-electron chi connectivity index (χ1n) is 10.5. The molecule has 0 bridgehead atoms. The Kier molecular flexibility index (Phi) is 14.1. The number of benzene rings is 1. The topological polar surface area (TPSA) is 58.6 Å². The zero-order chi connectivity index (χ0) is 20.9. The van der Waals surface area contributed by atoms with E-state index in [1.165, 1.54) is 5.56 Å². The molecule has 0 radical (unpaired) electrons. The van der Waals surface area contributed by atoms with E-state index < -0.39 is 0 Å². The van der Waals surface area contributed by atoms with Gasteiger partial charge in [0.2, 0.25) is 0 Å². The number of nitrogens with one attached hydrogen (secondary N) is 1. The SMILES string of the molecule is CN=C(NCc1cccc(OCCN(C)C)c1)N1CCC(OCCCOC)CC1.I. The van der Waals surface area contributed by atoms with Crippen LogP contribution in [0.1, 0.15) is 24.8 Å². The highest BCUT2D eigenvalue weighted by atomic mass is 127. The van der Waals surface area contributed by atoms with Crippen LogP contribution in [0.2, 0.25) is 0 Å². The first-order chi connectivity index (χ1) is 14.1. The number of methoxy groups -OCH3 is 1. The monoisotopic (exact) mass is 534 g/mol. The molecule has 0 amide bonds. The molecule has 2 rings (SSSR count). The van der Waals surface area contributed by atoms with Crippen LogP contribution < -0.4 is 10.1 Å². The van der Waals surface area contributed by atoms with Gasteiger partial charge in [0.25, 0.3) is 0 Å². The molecule has 8 heteroatoms. The predicted octanol–water partition coefficient (Wildman–Crippen LogP) is 2.84. The summed E-state index contributed by atoms with van der Waals surface area (Å²) in [5.74, 6) is 1.86. The number of hydrogen-bond donors (Lipinski definition) is 1. The number of ether oxygens (including phenoxy) is 3. The number of likely N-dealkylation sites (tertiary alicyclic amines) is 1. The largest absolute Gasteiger partial charge is 0.492 e. The van der Waals surface area contributed by atoms with Crippen molar-refractivity contribution < 1.29 is 14.2 Å².